The fourth-order valence-electron chi connectivity index (χ4n) is 1.62. The maximum absolute atomic E-state index is 11.9. The Bertz CT molecular complexity index is 516. The third-order valence-corrected chi connectivity index (χ3v) is 3.25. The highest BCUT2D eigenvalue weighted by Gasteiger charge is 2.07. The maximum Gasteiger partial charge on any atom is 0.252 e. The van der Waals surface area contributed by atoms with Gasteiger partial charge in [-0.15, -0.1) is 12.4 Å². The molecule has 1 N–H and O–H groups in total. The van der Waals surface area contributed by atoms with E-state index in [1.54, 1.807) is 18.6 Å². The normalized spacial score (nSPS) is 9.74. The van der Waals surface area contributed by atoms with E-state index in [2.05, 4.69) is 26.2 Å². The SMILES string of the molecule is Cl.O=C(NCCCn1ccnc1)c1ccccc1Br. The number of rotatable bonds is 5. The molecule has 1 aromatic heterocycles. The number of carbonyl (C=O) groups excluding carboxylic acids is 1. The molecule has 0 spiro atoms. The van der Waals surface area contributed by atoms with Crippen LogP contribution in [0.1, 0.15) is 16.8 Å². The van der Waals surface area contributed by atoms with E-state index in [-0.39, 0.29) is 18.3 Å². The second-order valence-corrected chi connectivity index (χ2v) is 4.74. The standard InChI is InChI=1S/C13H14BrN3O.ClH/c14-12-5-2-1-4-11(12)13(18)16-6-3-8-17-9-7-15-10-17;/h1-2,4-5,7,9-10H,3,6,8H2,(H,16,18);1H. The monoisotopic (exact) mass is 343 g/mol. The molecule has 0 saturated carbocycles. The molecule has 0 radical (unpaired) electrons. The summed E-state index contributed by atoms with van der Waals surface area (Å²) in [7, 11) is 0. The number of aryl methyl sites for hydroxylation is 1. The first-order chi connectivity index (χ1) is 8.77. The minimum Gasteiger partial charge on any atom is -0.352 e. The lowest BCUT2D eigenvalue weighted by molar-refractivity contribution is 0.0952. The van der Waals surface area contributed by atoms with Gasteiger partial charge in [0.25, 0.3) is 5.91 Å². The van der Waals surface area contributed by atoms with Crippen molar-refractivity contribution in [3.8, 4) is 0 Å². The lowest BCUT2D eigenvalue weighted by Gasteiger charge is -2.07. The van der Waals surface area contributed by atoms with Crippen LogP contribution in [0.3, 0.4) is 0 Å². The van der Waals surface area contributed by atoms with Crippen molar-refractivity contribution in [3.05, 3.63) is 53.0 Å². The third-order valence-electron chi connectivity index (χ3n) is 2.56. The van der Waals surface area contributed by atoms with Crippen LogP contribution >= 0.6 is 28.3 Å². The molecule has 0 aliphatic carbocycles. The van der Waals surface area contributed by atoms with Crippen LogP contribution < -0.4 is 5.32 Å². The van der Waals surface area contributed by atoms with Gasteiger partial charge >= 0.3 is 0 Å². The molecule has 19 heavy (non-hydrogen) atoms. The average Bonchev–Trinajstić information content (AvgIpc) is 2.88. The molecule has 6 heteroatoms. The Hall–Kier alpha value is -1.33. The van der Waals surface area contributed by atoms with Crippen molar-refractivity contribution in [1.29, 1.82) is 0 Å². The van der Waals surface area contributed by atoms with Crippen LogP contribution in [0.25, 0.3) is 0 Å². The summed E-state index contributed by atoms with van der Waals surface area (Å²) in [6.07, 6.45) is 6.32. The first kappa shape index (κ1) is 15.7. The van der Waals surface area contributed by atoms with Gasteiger partial charge in [-0.3, -0.25) is 4.79 Å². The first-order valence-electron chi connectivity index (χ1n) is 5.76. The Morgan fingerprint density at radius 2 is 2.16 bits per heavy atom. The van der Waals surface area contributed by atoms with E-state index >= 15 is 0 Å². The van der Waals surface area contributed by atoms with Crippen molar-refractivity contribution >= 4 is 34.2 Å². The molecule has 1 heterocycles. The smallest absolute Gasteiger partial charge is 0.252 e. The predicted octanol–water partition coefficient (Wildman–Crippen LogP) is 2.89. The van der Waals surface area contributed by atoms with Gasteiger partial charge in [0.2, 0.25) is 0 Å². The number of nitrogens with zero attached hydrogens (tertiary/aromatic N) is 2. The highest BCUT2D eigenvalue weighted by atomic mass is 79.9. The second-order valence-electron chi connectivity index (χ2n) is 3.89. The summed E-state index contributed by atoms with van der Waals surface area (Å²) in [6.45, 7) is 1.51. The summed E-state index contributed by atoms with van der Waals surface area (Å²) in [4.78, 5) is 15.8. The molecule has 0 fully saturated rings. The summed E-state index contributed by atoms with van der Waals surface area (Å²) >= 11 is 3.36. The van der Waals surface area contributed by atoms with E-state index in [1.807, 2.05) is 29.0 Å². The number of hydrogen-bond acceptors (Lipinski definition) is 2. The Morgan fingerprint density at radius 1 is 1.37 bits per heavy atom. The number of hydrogen-bond donors (Lipinski definition) is 1. The number of nitrogens with one attached hydrogen (secondary N) is 1. The summed E-state index contributed by atoms with van der Waals surface area (Å²) in [5.41, 5.74) is 0.667. The summed E-state index contributed by atoms with van der Waals surface area (Å²) in [6, 6.07) is 7.40. The van der Waals surface area contributed by atoms with Crippen LogP contribution in [-0.4, -0.2) is 22.0 Å². The Labute approximate surface area is 126 Å². The molecular formula is C13H15BrClN3O. The molecule has 0 unspecified atom stereocenters. The van der Waals surface area contributed by atoms with Crippen LogP contribution in [0.5, 0.6) is 0 Å². The van der Waals surface area contributed by atoms with Gasteiger partial charge in [0, 0.05) is 30.0 Å². The van der Waals surface area contributed by atoms with E-state index in [0.29, 0.717) is 12.1 Å². The number of benzene rings is 1. The molecule has 102 valence electrons. The molecule has 0 bridgehead atoms. The Kier molecular flexibility index (Phi) is 6.59. The van der Waals surface area contributed by atoms with Crippen molar-refractivity contribution in [3.63, 3.8) is 0 Å². The van der Waals surface area contributed by atoms with Gasteiger partial charge in [-0.05, 0) is 34.5 Å². The summed E-state index contributed by atoms with van der Waals surface area (Å²) < 4.78 is 2.81. The molecule has 0 aliphatic rings. The van der Waals surface area contributed by atoms with Crippen molar-refractivity contribution in [1.82, 2.24) is 14.9 Å². The van der Waals surface area contributed by atoms with Gasteiger partial charge in [0.05, 0.1) is 11.9 Å². The number of aromatic nitrogens is 2. The highest BCUT2D eigenvalue weighted by molar-refractivity contribution is 9.10. The van der Waals surface area contributed by atoms with Gasteiger partial charge in [-0.2, -0.15) is 0 Å². The van der Waals surface area contributed by atoms with Crippen molar-refractivity contribution in [2.45, 2.75) is 13.0 Å². The van der Waals surface area contributed by atoms with E-state index in [0.717, 1.165) is 17.4 Å². The molecule has 0 atom stereocenters. The predicted molar refractivity (Wildman–Crippen MR) is 80.6 cm³/mol. The largest absolute Gasteiger partial charge is 0.352 e. The minimum absolute atomic E-state index is 0. The first-order valence-corrected chi connectivity index (χ1v) is 6.55. The van der Waals surface area contributed by atoms with Gasteiger partial charge in [-0.1, -0.05) is 12.1 Å². The highest BCUT2D eigenvalue weighted by Crippen LogP contribution is 2.15. The minimum atomic E-state index is -0.0480. The van der Waals surface area contributed by atoms with E-state index in [1.165, 1.54) is 0 Å². The van der Waals surface area contributed by atoms with Crippen LogP contribution in [0, 0.1) is 0 Å². The molecule has 2 rings (SSSR count). The quantitative estimate of drug-likeness (QED) is 0.848. The van der Waals surface area contributed by atoms with E-state index < -0.39 is 0 Å². The number of carbonyl (C=O) groups is 1. The Morgan fingerprint density at radius 3 is 2.84 bits per heavy atom. The lowest BCUT2D eigenvalue weighted by atomic mass is 10.2. The second kappa shape index (κ2) is 7.96. The average molecular weight is 345 g/mol. The van der Waals surface area contributed by atoms with Crippen LogP contribution in [-0.2, 0) is 6.54 Å². The zero-order valence-corrected chi connectivity index (χ0v) is 12.7. The van der Waals surface area contributed by atoms with Gasteiger partial charge in [0.1, 0.15) is 0 Å². The van der Waals surface area contributed by atoms with Crippen molar-refractivity contribution < 1.29 is 4.79 Å². The van der Waals surface area contributed by atoms with Crippen LogP contribution in [0.4, 0.5) is 0 Å². The molecule has 4 nitrogen and oxygen atoms in total. The topological polar surface area (TPSA) is 46.9 Å². The molecule has 0 saturated heterocycles. The van der Waals surface area contributed by atoms with Gasteiger partial charge in [-0.25, -0.2) is 4.98 Å². The van der Waals surface area contributed by atoms with Crippen LogP contribution in [0.2, 0.25) is 0 Å². The zero-order chi connectivity index (χ0) is 12.8. The van der Waals surface area contributed by atoms with Gasteiger partial charge < -0.3 is 9.88 Å². The van der Waals surface area contributed by atoms with Crippen LogP contribution in [0.15, 0.2) is 47.5 Å². The third kappa shape index (κ3) is 4.69. The summed E-state index contributed by atoms with van der Waals surface area (Å²) in [5, 5.41) is 2.90. The molecule has 1 amide bonds. The Balaban J connectivity index is 0.00000180. The molecular weight excluding hydrogens is 330 g/mol. The number of amides is 1. The van der Waals surface area contributed by atoms with E-state index in [4.69, 9.17) is 0 Å². The molecule has 1 aromatic carbocycles. The fourth-order valence-corrected chi connectivity index (χ4v) is 2.09. The molecule has 2 aromatic rings. The lowest BCUT2D eigenvalue weighted by Crippen LogP contribution is -2.25. The number of imidazole rings is 1. The van der Waals surface area contributed by atoms with Gasteiger partial charge in [0.15, 0.2) is 0 Å². The molecule has 0 aliphatic heterocycles. The fraction of sp³-hybridized carbons (Fsp3) is 0.231. The van der Waals surface area contributed by atoms with E-state index in [9.17, 15) is 4.79 Å². The van der Waals surface area contributed by atoms with Crippen molar-refractivity contribution in [2.75, 3.05) is 6.54 Å². The zero-order valence-electron chi connectivity index (χ0n) is 10.3. The summed E-state index contributed by atoms with van der Waals surface area (Å²) in [5.74, 6) is -0.0480. The maximum atomic E-state index is 11.9. The number of halogens is 2. The van der Waals surface area contributed by atoms with Crippen molar-refractivity contribution in [2.24, 2.45) is 0 Å².